The Morgan fingerprint density at radius 2 is 1.40 bits per heavy atom. The van der Waals surface area contributed by atoms with Crippen LogP contribution in [0.1, 0.15) is 11.1 Å². The van der Waals surface area contributed by atoms with Crippen molar-refractivity contribution in [3.63, 3.8) is 0 Å². The number of nitriles is 1. The summed E-state index contributed by atoms with van der Waals surface area (Å²) in [6, 6.07) is 35.4. The van der Waals surface area contributed by atoms with Gasteiger partial charge in [-0.1, -0.05) is 76.6 Å². The normalized spacial score (nSPS) is 11.7. The van der Waals surface area contributed by atoms with Gasteiger partial charge in [0.15, 0.2) is 0 Å². The molecule has 0 amide bonds. The molecule has 0 saturated heterocycles. The van der Waals surface area contributed by atoms with Crippen molar-refractivity contribution >= 4 is 49.4 Å². The van der Waals surface area contributed by atoms with Crippen molar-refractivity contribution in [1.29, 1.82) is 5.26 Å². The molecule has 0 N–H and O–H groups in total. The molecule has 2 nitrogen and oxygen atoms in total. The standard InChI is InChI=1S/C27H17BrN2/c28-22-7-5-6-20(17-22)21(18-29)16-19-12-14-23(15-13-19)30-26-10-3-1-8-24(26)25-9-2-4-11-27(25)30/h1-17H/b21-16+. The van der Waals surface area contributed by atoms with Crippen LogP contribution in [0.2, 0.25) is 0 Å². The highest BCUT2D eigenvalue weighted by Gasteiger charge is 2.11. The van der Waals surface area contributed by atoms with E-state index in [1.165, 1.54) is 21.8 Å². The number of benzene rings is 4. The number of allylic oxidation sites excluding steroid dienone is 1. The predicted octanol–water partition coefficient (Wildman–Crippen LogP) is 7.61. The van der Waals surface area contributed by atoms with Crippen LogP contribution in [0.4, 0.5) is 0 Å². The fraction of sp³-hybridized carbons (Fsp3) is 0. The topological polar surface area (TPSA) is 28.7 Å². The van der Waals surface area contributed by atoms with Gasteiger partial charge in [-0.2, -0.15) is 5.26 Å². The smallest absolute Gasteiger partial charge is 0.0998 e. The van der Waals surface area contributed by atoms with Crippen LogP contribution in [0.5, 0.6) is 0 Å². The zero-order valence-corrected chi connectivity index (χ0v) is 17.7. The lowest BCUT2D eigenvalue weighted by atomic mass is 10.0. The van der Waals surface area contributed by atoms with Crippen molar-refractivity contribution in [3.8, 4) is 11.8 Å². The summed E-state index contributed by atoms with van der Waals surface area (Å²) in [5.74, 6) is 0. The number of halogens is 1. The van der Waals surface area contributed by atoms with Crippen LogP contribution in [-0.4, -0.2) is 4.57 Å². The largest absolute Gasteiger partial charge is 0.309 e. The van der Waals surface area contributed by atoms with Crippen molar-refractivity contribution in [1.82, 2.24) is 4.57 Å². The lowest BCUT2D eigenvalue weighted by Gasteiger charge is -2.08. The van der Waals surface area contributed by atoms with Gasteiger partial charge in [0, 0.05) is 20.9 Å². The van der Waals surface area contributed by atoms with E-state index in [2.05, 4.69) is 99.4 Å². The Morgan fingerprint density at radius 1 is 0.767 bits per heavy atom. The van der Waals surface area contributed by atoms with Gasteiger partial charge in [-0.3, -0.25) is 0 Å². The average Bonchev–Trinajstić information content (AvgIpc) is 3.12. The Kier molecular flexibility index (Phi) is 4.71. The van der Waals surface area contributed by atoms with E-state index in [0.29, 0.717) is 5.57 Å². The van der Waals surface area contributed by atoms with Gasteiger partial charge in [-0.15, -0.1) is 0 Å². The van der Waals surface area contributed by atoms with E-state index in [0.717, 1.165) is 21.3 Å². The molecular weight excluding hydrogens is 432 g/mol. The van der Waals surface area contributed by atoms with E-state index in [9.17, 15) is 5.26 Å². The van der Waals surface area contributed by atoms with Crippen LogP contribution in [0.25, 0.3) is 39.1 Å². The second kappa shape index (κ2) is 7.67. The molecule has 142 valence electrons. The summed E-state index contributed by atoms with van der Waals surface area (Å²) in [5.41, 5.74) is 6.02. The van der Waals surface area contributed by atoms with Gasteiger partial charge in [0.05, 0.1) is 22.7 Å². The molecule has 1 aromatic heterocycles. The van der Waals surface area contributed by atoms with Gasteiger partial charge in [-0.05, 0) is 53.6 Å². The van der Waals surface area contributed by atoms with E-state index in [4.69, 9.17) is 0 Å². The van der Waals surface area contributed by atoms with Crippen molar-refractivity contribution in [3.05, 3.63) is 113 Å². The zero-order valence-electron chi connectivity index (χ0n) is 16.1. The molecule has 5 aromatic rings. The van der Waals surface area contributed by atoms with Crippen LogP contribution < -0.4 is 0 Å². The number of nitrogens with zero attached hydrogens (tertiary/aromatic N) is 2. The molecule has 3 heteroatoms. The second-order valence-corrected chi connectivity index (χ2v) is 8.06. The summed E-state index contributed by atoms with van der Waals surface area (Å²) >= 11 is 3.48. The Labute approximate surface area is 183 Å². The summed E-state index contributed by atoms with van der Waals surface area (Å²) in [6.07, 6.45) is 1.93. The Hall–Kier alpha value is -3.61. The quantitative estimate of drug-likeness (QED) is 0.206. The van der Waals surface area contributed by atoms with Gasteiger partial charge in [-0.25, -0.2) is 0 Å². The van der Waals surface area contributed by atoms with Crippen LogP contribution in [0.3, 0.4) is 0 Å². The monoisotopic (exact) mass is 448 g/mol. The minimum absolute atomic E-state index is 0.640. The highest BCUT2D eigenvalue weighted by molar-refractivity contribution is 9.10. The minimum Gasteiger partial charge on any atom is -0.309 e. The first-order valence-corrected chi connectivity index (χ1v) is 10.5. The van der Waals surface area contributed by atoms with Gasteiger partial charge in [0.25, 0.3) is 0 Å². The molecule has 30 heavy (non-hydrogen) atoms. The third-order valence-electron chi connectivity index (χ3n) is 5.30. The SMILES string of the molecule is N#C/C(=C\c1ccc(-n2c3ccccc3c3ccccc32)cc1)c1cccc(Br)c1. The lowest BCUT2D eigenvalue weighted by Crippen LogP contribution is -1.93. The summed E-state index contributed by atoms with van der Waals surface area (Å²) in [4.78, 5) is 0. The number of hydrogen-bond donors (Lipinski definition) is 0. The maximum atomic E-state index is 9.64. The predicted molar refractivity (Wildman–Crippen MR) is 128 cm³/mol. The summed E-state index contributed by atoms with van der Waals surface area (Å²) in [5, 5.41) is 12.1. The van der Waals surface area contributed by atoms with Crippen molar-refractivity contribution in [2.75, 3.05) is 0 Å². The van der Waals surface area contributed by atoms with E-state index in [1.54, 1.807) is 0 Å². The maximum Gasteiger partial charge on any atom is 0.0998 e. The van der Waals surface area contributed by atoms with Gasteiger partial charge < -0.3 is 4.57 Å². The number of fused-ring (bicyclic) bond motifs is 3. The highest BCUT2D eigenvalue weighted by Crippen LogP contribution is 2.32. The highest BCUT2D eigenvalue weighted by atomic mass is 79.9. The van der Waals surface area contributed by atoms with Crippen molar-refractivity contribution in [2.24, 2.45) is 0 Å². The third-order valence-corrected chi connectivity index (χ3v) is 5.79. The summed E-state index contributed by atoms with van der Waals surface area (Å²) < 4.78 is 3.25. The number of rotatable bonds is 3. The zero-order chi connectivity index (χ0) is 20.5. The number of hydrogen-bond acceptors (Lipinski definition) is 1. The van der Waals surface area contributed by atoms with Crippen molar-refractivity contribution < 1.29 is 0 Å². The van der Waals surface area contributed by atoms with Crippen molar-refractivity contribution in [2.45, 2.75) is 0 Å². The van der Waals surface area contributed by atoms with Gasteiger partial charge in [0.2, 0.25) is 0 Å². The molecule has 1 heterocycles. The van der Waals surface area contributed by atoms with E-state index < -0.39 is 0 Å². The molecule has 0 saturated carbocycles. The summed E-state index contributed by atoms with van der Waals surface area (Å²) in [6.45, 7) is 0. The minimum atomic E-state index is 0.640. The molecule has 5 rings (SSSR count). The first-order chi connectivity index (χ1) is 14.7. The van der Waals surface area contributed by atoms with E-state index >= 15 is 0 Å². The van der Waals surface area contributed by atoms with Crippen LogP contribution in [-0.2, 0) is 0 Å². The van der Waals surface area contributed by atoms with Crippen LogP contribution in [0.15, 0.2) is 102 Å². The number of aromatic nitrogens is 1. The second-order valence-electron chi connectivity index (χ2n) is 7.14. The lowest BCUT2D eigenvalue weighted by molar-refractivity contribution is 1.18. The first-order valence-electron chi connectivity index (χ1n) is 9.71. The van der Waals surface area contributed by atoms with Gasteiger partial charge >= 0.3 is 0 Å². The molecular formula is C27H17BrN2. The average molecular weight is 449 g/mol. The number of para-hydroxylation sites is 2. The molecule has 0 atom stereocenters. The summed E-state index contributed by atoms with van der Waals surface area (Å²) in [7, 11) is 0. The molecule has 0 unspecified atom stereocenters. The van der Waals surface area contributed by atoms with E-state index in [1.807, 2.05) is 30.3 Å². The molecule has 4 aromatic carbocycles. The Bertz CT molecular complexity index is 1400. The molecule has 0 aliphatic carbocycles. The van der Waals surface area contributed by atoms with Crippen LogP contribution >= 0.6 is 15.9 Å². The van der Waals surface area contributed by atoms with Crippen LogP contribution in [0, 0.1) is 11.3 Å². The third kappa shape index (κ3) is 3.22. The molecule has 0 bridgehead atoms. The first kappa shape index (κ1) is 18.4. The molecule has 0 aliphatic rings. The fourth-order valence-corrected chi connectivity index (χ4v) is 4.32. The van der Waals surface area contributed by atoms with Gasteiger partial charge in [0.1, 0.15) is 0 Å². The Balaban J connectivity index is 1.60. The maximum absolute atomic E-state index is 9.64. The fourth-order valence-electron chi connectivity index (χ4n) is 3.92. The molecule has 0 radical (unpaired) electrons. The molecule has 0 fully saturated rings. The Morgan fingerprint density at radius 3 is 2.00 bits per heavy atom. The molecule has 0 aliphatic heterocycles. The molecule has 0 spiro atoms. The van der Waals surface area contributed by atoms with E-state index in [-0.39, 0.29) is 0 Å².